The summed E-state index contributed by atoms with van der Waals surface area (Å²) in [6.07, 6.45) is 0. The molecule has 6 nitrogen and oxygen atoms in total. The molecule has 0 aliphatic rings. The molecule has 0 aliphatic heterocycles. The first kappa shape index (κ1) is 18.5. The number of anilines is 1. The van der Waals surface area contributed by atoms with Gasteiger partial charge in [-0.15, -0.1) is 0 Å². The number of hydrogen-bond acceptors (Lipinski definition) is 4. The van der Waals surface area contributed by atoms with E-state index in [4.69, 9.17) is 9.84 Å². The predicted octanol–water partition coefficient (Wildman–Crippen LogP) is 1.70. The number of aliphatic carboxylic acids is 1. The SMILES string of the molecule is COCCN(CC(=O)O)CC(=O)Nc1c(F)cc(F)cc1Br. The molecular formula is C13H15BrF2N2O4. The molecule has 1 amide bonds. The summed E-state index contributed by atoms with van der Waals surface area (Å²) in [5.41, 5.74) is -0.201. The van der Waals surface area contributed by atoms with Crippen molar-refractivity contribution in [3.05, 3.63) is 28.2 Å². The first-order valence-electron chi connectivity index (χ1n) is 6.21. The van der Waals surface area contributed by atoms with Crippen molar-refractivity contribution in [1.82, 2.24) is 4.90 Å². The number of amides is 1. The Balaban J connectivity index is 2.72. The molecule has 0 aliphatic carbocycles. The number of hydrogen-bond donors (Lipinski definition) is 2. The maximum absolute atomic E-state index is 13.6. The standard InChI is InChI=1S/C13H15BrF2N2O4/c1-22-3-2-18(7-12(20)21)6-11(19)17-13-9(14)4-8(15)5-10(13)16/h4-5H,2-3,6-7H2,1H3,(H,17,19)(H,20,21). The van der Waals surface area contributed by atoms with Gasteiger partial charge in [0, 0.05) is 24.2 Å². The largest absolute Gasteiger partial charge is 0.480 e. The second-order valence-electron chi connectivity index (χ2n) is 4.39. The van der Waals surface area contributed by atoms with Gasteiger partial charge in [0.1, 0.15) is 5.82 Å². The molecule has 9 heteroatoms. The lowest BCUT2D eigenvalue weighted by molar-refractivity contribution is -0.138. The van der Waals surface area contributed by atoms with Gasteiger partial charge in [0.2, 0.25) is 5.91 Å². The minimum Gasteiger partial charge on any atom is -0.480 e. The number of benzene rings is 1. The molecule has 0 unspecified atom stereocenters. The first-order valence-corrected chi connectivity index (χ1v) is 7.00. The molecule has 0 bridgehead atoms. The predicted molar refractivity (Wildman–Crippen MR) is 78.6 cm³/mol. The Morgan fingerprint density at radius 1 is 1.36 bits per heavy atom. The molecule has 1 aromatic rings. The summed E-state index contributed by atoms with van der Waals surface area (Å²) in [6.45, 7) is -0.152. The van der Waals surface area contributed by atoms with Crippen LogP contribution in [0.4, 0.5) is 14.5 Å². The fourth-order valence-electron chi connectivity index (χ4n) is 1.67. The van der Waals surface area contributed by atoms with Crippen molar-refractivity contribution >= 4 is 33.5 Å². The Labute approximate surface area is 134 Å². The zero-order chi connectivity index (χ0) is 16.7. The van der Waals surface area contributed by atoms with Crippen LogP contribution in [0.1, 0.15) is 0 Å². The van der Waals surface area contributed by atoms with Crippen LogP contribution in [0, 0.1) is 11.6 Å². The maximum atomic E-state index is 13.6. The highest BCUT2D eigenvalue weighted by Crippen LogP contribution is 2.26. The second kappa shape index (κ2) is 8.76. The average Bonchev–Trinajstić information content (AvgIpc) is 2.39. The zero-order valence-corrected chi connectivity index (χ0v) is 13.3. The van der Waals surface area contributed by atoms with Gasteiger partial charge in [-0.25, -0.2) is 8.78 Å². The highest BCUT2D eigenvalue weighted by molar-refractivity contribution is 9.10. The highest BCUT2D eigenvalue weighted by Gasteiger charge is 2.17. The van der Waals surface area contributed by atoms with E-state index in [0.717, 1.165) is 6.07 Å². The van der Waals surface area contributed by atoms with E-state index in [9.17, 15) is 18.4 Å². The lowest BCUT2D eigenvalue weighted by Gasteiger charge is -2.19. The Morgan fingerprint density at radius 3 is 2.59 bits per heavy atom. The van der Waals surface area contributed by atoms with Gasteiger partial charge in [0.25, 0.3) is 0 Å². The Bertz CT molecular complexity index is 534. The van der Waals surface area contributed by atoms with E-state index in [1.165, 1.54) is 12.0 Å². The van der Waals surface area contributed by atoms with E-state index in [0.29, 0.717) is 6.07 Å². The molecule has 122 valence electrons. The number of carbonyl (C=O) groups excluding carboxylic acids is 1. The molecule has 22 heavy (non-hydrogen) atoms. The van der Waals surface area contributed by atoms with Crippen LogP contribution < -0.4 is 5.32 Å². The van der Waals surface area contributed by atoms with Gasteiger partial charge < -0.3 is 15.2 Å². The minimum atomic E-state index is -1.10. The number of nitrogens with one attached hydrogen (secondary N) is 1. The molecule has 0 fully saturated rings. The number of carboxylic acid groups (broad SMARTS) is 1. The van der Waals surface area contributed by atoms with Gasteiger partial charge in [-0.05, 0) is 22.0 Å². The Kier molecular flexibility index (Phi) is 7.36. The topological polar surface area (TPSA) is 78.9 Å². The van der Waals surface area contributed by atoms with Gasteiger partial charge in [-0.3, -0.25) is 14.5 Å². The normalized spacial score (nSPS) is 10.8. The van der Waals surface area contributed by atoms with Gasteiger partial charge in [-0.1, -0.05) is 0 Å². The molecular weight excluding hydrogens is 366 g/mol. The number of methoxy groups -OCH3 is 1. The monoisotopic (exact) mass is 380 g/mol. The molecule has 0 heterocycles. The molecule has 1 aromatic carbocycles. The number of halogens is 3. The van der Waals surface area contributed by atoms with E-state index in [1.54, 1.807) is 0 Å². The Hall–Kier alpha value is -1.58. The van der Waals surface area contributed by atoms with E-state index in [-0.39, 0.29) is 36.4 Å². The summed E-state index contributed by atoms with van der Waals surface area (Å²) in [4.78, 5) is 24.0. The van der Waals surface area contributed by atoms with E-state index < -0.39 is 23.5 Å². The van der Waals surface area contributed by atoms with Crippen molar-refractivity contribution in [1.29, 1.82) is 0 Å². The molecule has 1 rings (SSSR count). The van der Waals surface area contributed by atoms with Gasteiger partial charge >= 0.3 is 5.97 Å². The van der Waals surface area contributed by atoms with Crippen LogP contribution in [-0.4, -0.2) is 55.2 Å². The Morgan fingerprint density at radius 2 is 2.05 bits per heavy atom. The lowest BCUT2D eigenvalue weighted by atomic mass is 10.3. The first-order chi connectivity index (χ1) is 10.3. The minimum absolute atomic E-state index is 0.0556. The van der Waals surface area contributed by atoms with Crippen molar-refractivity contribution in [2.45, 2.75) is 0 Å². The smallest absolute Gasteiger partial charge is 0.317 e. The number of nitrogens with zero attached hydrogens (tertiary/aromatic N) is 1. The van der Waals surface area contributed by atoms with Crippen LogP contribution in [0.2, 0.25) is 0 Å². The third kappa shape index (κ3) is 6.04. The third-order valence-corrected chi connectivity index (χ3v) is 3.23. The van der Waals surface area contributed by atoms with E-state index >= 15 is 0 Å². The van der Waals surface area contributed by atoms with E-state index in [2.05, 4.69) is 21.2 Å². The van der Waals surface area contributed by atoms with Crippen LogP contribution in [-0.2, 0) is 14.3 Å². The summed E-state index contributed by atoms with van der Waals surface area (Å²) in [6, 6.07) is 1.65. The van der Waals surface area contributed by atoms with Gasteiger partial charge in [0.05, 0.1) is 25.4 Å². The van der Waals surface area contributed by atoms with Crippen molar-refractivity contribution in [2.24, 2.45) is 0 Å². The molecule has 2 N–H and O–H groups in total. The number of carboxylic acids is 1. The molecule has 0 atom stereocenters. The van der Waals surface area contributed by atoms with Crippen molar-refractivity contribution in [3.63, 3.8) is 0 Å². The number of rotatable bonds is 8. The third-order valence-electron chi connectivity index (χ3n) is 2.61. The summed E-state index contributed by atoms with van der Waals surface area (Å²) in [7, 11) is 1.45. The summed E-state index contributed by atoms with van der Waals surface area (Å²) < 4.78 is 31.5. The van der Waals surface area contributed by atoms with Gasteiger partial charge in [0.15, 0.2) is 5.82 Å². The summed E-state index contributed by atoms with van der Waals surface area (Å²) in [5, 5.41) is 11.1. The average molecular weight is 381 g/mol. The van der Waals surface area contributed by atoms with Crippen LogP contribution in [0.25, 0.3) is 0 Å². The molecule has 0 saturated heterocycles. The number of ether oxygens (including phenoxy) is 1. The fourth-order valence-corrected chi connectivity index (χ4v) is 2.18. The van der Waals surface area contributed by atoms with E-state index in [1.807, 2.05) is 0 Å². The molecule has 0 aromatic heterocycles. The number of carbonyl (C=O) groups is 2. The summed E-state index contributed by atoms with van der Waals surface area (Å²) >= 11 is 2.95. The van der Waals surface area contributed by atoms with Crippen molar-refractivity contribution in [2.75, 3.05) is 38.7 Å². The highest BCUT2D eigenvalue weighted by atomic mass is 79.9. The molecule has 0 radical (unpaired) electrons. The zero-order valence-electron chi connectivity index (χ0n) is 11.7. The molecule has 0 spiro atoms. The van der Waals surface area contributed by atoms with Crippen molar-refractivity contribution in [3.8, 4) is 0 Å². The van der Waals surface area contributed by atoms with Crippen LogP contribution in [0.3, 0.4) is 0 Å². The van der Waals surface area contributed by atoms with Crippen LogP contribution in [0.5, 0.6) is 0 Å². The summed E-state index contributed by atoms with van der Waals surface area (Å²) in [5.74, 6) is -3.43. The lowest BCUT2D eigenvalue weighted by Crippen LogP contribution is -2.39. The fraction of sp³-hybridized carbons (Fsp3) is 0.385. The van der Waals surface area contributed by atoms with Crippen LogP contribution in [0.15, 0.2) is 16.6 Å². The van der Waals surface area contributed by atoms with Crippen molar-refractivity contribution < 1.29 is 28.2 Å². The second-order valence-corrected chi connectivity index (χ2v) is 5.24. The quantitative estimate of drug-likeness (QED) is 0.717. The molecule has 0 saturated carbocycles. The van der Waals surface area contributed by atoms with Crippen LogP contribution >= 0.6 is 15.9 Å². The van der Waals surface area contributed by atoms with Gasteiger partial charge in [-0.2, -0.15) is 0 Å². The maximum Gasteiger partial charge on any atom is 0.317 e.